The summed E-state index contributed by atoms with van der Waals surface area (Å²) in [7, 11) is 2.17. The van der Waals surface area contributed by atoms with E-state index in [2.05, 4.69) is 24.1 Å². The van der Waals surface area contributed by atoms with Gasteiger partial charge in [-0.25, -0.2) is 0 Å². The van der Waals surface area contributed by atoms with Gasteiger partial charge in [0.1, 0.15) is 0 Å². The number of amides is 1. The summed E-state index contributed by atoms with van der Waals surface area (Å²) in [4.78, 5) is 16.9. The highest BCUT2D eigenvalue weighted by atomic mass is 16.5. The molecule has 2 aliphatic heterocycles. The predicted octanol–water partition coefficient (Wildman–Crippen LogP) is 3.05. The molecule has 1 amide bonds. The molecule has 0 radical (unpaired) electrons. The van der Waals surface area contributed by atoms with Crippen molar-refractivity contribution in [2.24, 2.45) is 5.41 Å². The molecule has 4 heteroatoms. The first-order chi connectivity index (χ1) is 12.7. The number of likely N-dealkylation sites (tertiary alicyclic amines) is 2. The fraction of sp³-hybridized carbons (Fsp3) is 0.409. The monoisotopic (exact) mass is 350 g/mol. The normalized spacial score (nSPS) is 21.7. The van der Waals surface area contributed by atoms with Crippen molar-refractivity contribution in [1.29, 1.82) is 0 Å². The van der Waals surface area contributed by atoms with Crippen molar-refractivity contribution >= 4 is 5.91 Å². The van der Waals surface area contributed by atoms with E-state index in [0.717, 1.165) is 38.2 Å². The highest BCUT2D eigenvalue weighted by molar-refractivity contribution is 5.94. The molecule has 1 unspecified atom stereocenters. The van der Waals surface area contributed by atoms with Gasteiger partial charge in [-0.15, -0.1) is 0 Å². The number of carbonyl (C=O) groups excluding carboxylic acids is 1. The second kappa shape index (κ2) is 7.22. The number of ether oxygens (including phenoxy) is 1. The van der Waals surface area contributed by atoms with Gasteiger partial charge in [-0.1, -0.05) is 48.5 Å². The van der Waals surface area contributed by atoms with Crippen LogP contribution in [-0.2, 0) is 11.3 Å². The quantitative estimate of drug-likeness (QED) is 0.831. The van der Waals surface area contributed by atoms with E-state index in [0.29, 0.717) is 12.6 Å². The Kier molecular flexibility index (Phi) is 4.79. The standard InChI is InChI=1S/C22H26N2O2/c1-23-15-22(12-20(23)14-26-13-18-8-4-2-5-9-18)16-24(17-22)21(25)19-10-6-3-7-11-19/h2-11,20H,12-17H2,1H3. The molecule has 4 rings (SSSR count). The molecule has 2 saturated heterocycles. The molecule has 0 bridgehead atoms. The minimum atomic E-state index is 0.155. The summed E-state index contributed by atoms with van der Waals surface area (Å²) in [5, 5.41) is 0. The largest absolute Gasteiger partial charge is 0.375 e. The molecule has 0 aromatic heterocycles. The zero-order valence-electron chi connectivity index (χ0n) is 15.3. The van der Waals surface area contributed by atoms with Crippen molar-refractivity contribution in [3.05, 3.63) is 71.8 Å². The number of nitrogens with zero attached hydrogens (tertiary/aromatic N) is 2. The fourth-order valence-corrected chi connectivity index (χ4v) is 4.35. The first kappa shape index (κ1) is 17.3. The Balaban J connectivity index is 1.27. The van der Waals surface area contributed by atoms with E-state index in [4.69, 9.17) is 4.74 Å². The van der Waals surface area contributed by atoms with Crippen LogP contribution < -0.4 is 0 Å². The second-order valence-electron chi connectivity index (χ2n) is 7.80. The van der Waals surface area contributed by atoms with Crippen LogP contribution in [0.4, 0.5) is 0 Å². The first-order valence-electron chi connectivity index (χ1n) is 9.31. The molecule has 2 heterocycles. The van der Waals surface area contributed by atoms with E-state index < -0.39 is 0 Å². The Labute approximate surface area is 155 Å². The van der Waals surface area contributed by atoms with Gasteiger partial charge in [-0.3, -0.25) is 4.79 Å². The van der Waals surface area contributed by atoms with Crippen molar-refractivity contribution in [2.45, 2.75) is 19.1 Å². The van der Waals surface area contributed by atoms with Crippen LogP contribution in [0.5, 0.6) is 0 Å². The number of benzene rings is 2. The predicted molar refractivity (Wildman–Crippen MR) is 102 cm³/mol. The molecule has 4 nitrogen and oxygen atoms in total. The third kappa shape index (κ3) is 3.53. The maximum Gasteiger partial charge on any atom is 0.253 e. The van der Waals surface area contributed by atoms with E-state index in [1.54, 1.807) is 0 Å². The van der Waals surface area contributed by atoms with Gasteiger partial charge in [-0.2, -0.15) is 0 Å². The lowest BCUT2D eigenvalue weighted by molar-refractivity contribution is 0.0109. The molecule has 2 aromatic carbocycles. The van der Waals surface area contributed by atoms with Crippen molar-refractivity contribution in [3.63, 3.8) is 0 Å². The van der Waals surface area contributed by atoms with Crippen LogP contribution in [0.25, 0.3) is 0 Å². The average molecular weight is 350 g/mol. The molecule has 2 aromatic rings. The molecule has 1 atom stereocenters. The highest BCUT2D eigenvalue weighted by Crippen LogP contribution is 2.42. The van der Waals surface area contributed by atoms with Crippen LogP contribution in [0, 0.1) is 5.41 Å². The highest BCUT2D eigenvalue weighted by Gasteiger charge is 2.51. The Bertz CT molecular complexity index is 741. The van der Waals surface area contributed by atoms with Crippen LogP contribution in [0.1, 0.15) is 22.3 Å². The Morgan fingerprint density at radius 1 is 1.04 bits per heavy atom. The van der Waals surface area contributed by atoms with Crippen molar-refractivity contribution < 1.29 is 9.53 Å². The molecule has 1 spiro atoms. The molecule has 2 fully saturated rings. The number of hydrogen-bond donors (Lipinski definition) is 0. The molecule has 0 saturated carbocycles. The Morgan fingerprint density at radius 2 is 1.69 bits per heavy atom. The fourth-order valence-electron chi connectivity index (χ4n) is 4.35. The van der Waals surface area contributed by atoms with E-state index in [-0.39, 0.29) is 11.3 Å². The Morgan fingerprint density at radius 3 is 2.38 bits per heavy atom. The number of hydrogen-bond acceptors (Lipinski definition) is 3. The second-order valence-corrected chi connectivity index (χ2v) is 7.80. The summed E-state index contributed by atoms with van der Waals surface area (Å²) in [6.45, 7) is 4.18. The molecule has 0 N–H and O–H groups in total. The maximum atomic E-state index is 12.5. The third-order valence-corrected chi connectivity index (χ3v) is 5.66. The SMILES string of the molecule is CN1CC2(CC1COCc1ccccc1)CN(C(=O)c1ccccc1)C2. The van der Waals surface area contributed by atoms with E-state index in [1.165, 1.54) is 5.56 Å². The van der Waals surface area contributed by atoms with Crippen LogP contribution >= 0.6 is 0 Å². The summed E-state index contributed by atoms with van der Waals surface area (Å²) in [5.74, 6) is 0.155. The number of likely N-dealkylation sites (N-methyl/N-ethyl adjacent to an activating group) is 1. The van der Waals surface area contributed by atoms with Gasteiger partial charge in [0, 0.05) is 36.7 Å². The van der Waals surface area contributed by atoms with Crippen LogP contribution in [0.15, 0.2) is 60.7 Å². The van der Waals surface area contributed by atoms with Gasteiger partial charge in [0.05, 0.1) is 13.2 Å². The average Bonchev–Trinajstić information content (AvgIpc) is 2.98. The van der Waals surface area contributed by atoms with Crippen molar-refractivity contribution in [1.82, 2.24) is 9.80 Å². The summed E-state index contributed by atoms with van der Waals surface area (Å²) in [5.41, 5.74) is 2.25. The van der Waals surface area contributed by atoms with Gasteiger partial charge < -0.3 is 14.5 Å². The minimum Gasteiger partial charge on any atom is -0.375 e. The smallest absolute Gasteiger partial charge is 0.253 e. The summed E-state index contributed by atoms with van der Waals surface area (Å²) in [6, 6.07) is 20.3. The van der Waals surface area contributed by atoms with E-state index in [9.17, 15) is 4.79 Å². The van der Waals surface area contributed by atoms with Crippen LogP contribution in [0.2, 0.25) is 0 Å². The van der Waals surface area contributed by atoms with Gasteiger partial charge >= 0.3 is 0 Å². The van der Waals surface area contributed by atoms with Crippen molar-refractivity contribution in [3.8, 4) is 0 Å². The van der Waals surface area contributed by atoms with E-state index >= 15 is 0 Å². The number of rotatable bonds is 5. The molecular formula is C22H26N2O2. The molecule has 26 heavy (non-hydrogen) atoms. The lowest BCUT2D eigenvalue weighted by atomic mass is 9.77. The Hall–Kier alpha value is -2.17. The zero-order valence-corrected chi connectivity index (χ0v) is 15.3. The zero-order chi connectivity index (χ0) is 18.0. The molecular weight excluding hydrogens is 324 g/mol. The maximum absolute atomic E-state index is 12.5. The lowest BCUT2D eigenvalue weighted by Crippen LogP contribution is -2.59. The van der Waals surface area contributed by atoms with Crippen molar-refractivity contribution in [2.75, 3.05) is 33.3 Å². The van der Waals surface area contributed by atoms with Gasteiger partial charge in [-0.05, 0) is 31.2 Å². The van der Waals surface area contributed by atoms with E-state index in [1.807, 2.05) is 53.4 Å². The molecule has 136 valence electrons. The van der Waals surface area contributed by atoms with Crippen LogP contribution in [-0.4, -0.2) is 55.0 Å². The summed E-state index contributed by atoms with van der Waals surface area (Å²) in [6.07, 6.45) is 1.11. The first-order valence-corrected chi connectivity index (χ1v) is 9.31. The summed E-state index contributed by atoms with van der Waals surface area (Å²) < 4.78 is 5.96. The topological polar surface area (TPSA) is 32.8 Å². The molecule has 0 aliphatic carbocycles. The summed E-state index contributed by atoms with van der Waals surface area (Å²) >= 11 is 0. The molecule has 2 aliphatic rings. The van der Waals surface area contributed by atoms with Gasteiger partial charge in [0.25, 0.3) is 5.91 Å². The van der Waals surface area contributed by atoms with Crippen LogP contribution in [0.3, 0.4) is 0 Å². The lowest BCUT2D eigenvalue weighted by Gasteiger charge is -2.48. The third-order valence-electron chi connectivity index (χ3n) is 5.66. The minimum absolute atomic E-state index is 0.155. The number of carbonyl (C=O) groups is 1. The van der Waals surface area contributed by atoms with Gasteiger partial charge in [0.2, 0.25) is 0 Å². The van der Waals surface area contributed by atoms with Gasteiger partial charge in [0.15, 0.2) is 0 Å².